The van der Waals surface area contributed by atoms with Crippen LogP contribution in [0.1, 0.15) is 43.0 Å². The average molecular weight is 494 g/mol. The fourth-order valence-corrected chi connectivity index (χ4v) is 4.58. The van der Waals surface area contributed by atoms with Crippen LogP contribution < -0.4 is 10.1 Å². The van der Waals surface area contributed by atoms with E-state index in [-0.39, 0.29) is 18.5 Å². The Labute approximate surface area is 212 Å². The van der Waals surface area contributed by atoms with E-state index in [1.165, 1.54) is 4.88 Å². The molecule has 2 aromatic carbocycles. The maximum atomic E-state index is 13.6. The molecule has 7 heteroatoms. The lowest BCUT2D eigenvalue weighted by atomic mass is 10.1. The standard InChI is InChI=1S/C28H35N3O3S/c1-6-34-25-15-11-10-14-24(25)29-27(33)31(28(3,4)5)20-26(32)30(18-22-12-8-7-9-13-22)19-23-17-16-21(2)35-23/h7-17H,6,18-20H2,1-5H3,(H,29,33). The summed E-state index contributed by atoms with van der Waals surface area (Å²) >= 11 is 1.68. The molecule has 0 fully saturated rings. The topological polar surface area (TPSA) is 61.9 Å². The number of nitrogens with one attached hydrogen (secondary N) is 1. The van der Waals surface area contributed by atoms with E-state index in [0.717, 1.165) is 10.4 Å². The zero-order valence-corrected chi connectivity index (χ0v) is 22.0. The van der Waals surface area contributed by atoms with Crippen LogP contribution in [0, 0.1) is 6.92 Å². The summed E-state index contributed by atoms with van der Waals surface area (Å²) in [6, 6.07) is 21.0. The lowest BCUT2D eigenvalue weighted by Gasteiger charge is -2.36. The molecule has 186 valence electrons. The third-order valence-corrected chi connectivity index (χ3v) is 6.47. The lowest BCUT2D eigenvalue weighted by Crippen LogP contribution is -2.52. The van der Waals surface area contributed by atoms with Gasteiger partial charge in [0.25, 0.3) is 0 Å². The molecule has 3 rings (SSSR count). The predicted octanol–water partition coefficient (Wildman–Crippen LogP) is 6.32. The molecule has 0 unspecified atom stereocenters. The first-order chi connectivity index (χ1) is 16.7. The van der Waals surface area contributed by atoms with Gasteiger partial charge in [-0.05, 0) is 64.4 Å². The Morgan fingerprint density at radius 2 is 1.63 bits per heavy atom. The number of para-hydroxylation sites is 2. The van der Waals surface area contributed by atoms with Crippen molar-refractivity contribution in [1.29, 1.82) is 0 Å². The Balaban J connectivity index is 1.81. The van der Waals surface area contributed by atoms with Crippen molar-refractivity contribution < 1.29 is 14.3 Å². The van der Waals surface area contributed by atoms with E-state index >= 15 is 0 Å². The molecule has 0 bridgehead atoms. The number of carbonyl (C=O) groups is 2. The van der Waals surface area contributed by atoms with Crippen molar-refractivity contribution >= 4 is 29.0 Å². The number of amides is 3. The average Bonchev–Trinajstić information content (AvgIpc) is 3.22. The van der Waals surface area contributed by atoms with Crippen LogP contribution in [0.2, 0.25) is 0 Å². The Morgan fingerprint density at radius 3 is 2.26 bits per heavy atom. The van der Waals surface area contributed by atoms with Crippen molar-refractivity contribution in [2.45, 2.75) is 53.2 Å². The van der Waals surface area contributed by atoms with Crippen LogP contribution in [0.25, 0.3) is 0 Å². The van der Waals surface area contributed by atoms with E-state index in [1.54, 1.807) is 22.3 Å². The molecule has 3 aromatic rings. The fourth-order valence-electron chi connectivity index (χ4n) is 3.68. The zero-order valence-electron chi connectivity index (χ0n) is 21.2. The summed E-state index contributed by atoms with van der Waals surface area (Å²) in [5.74, 6) is 0.491. The van der Waals surface area contributed by atoms with Crippen molar-refractivity contribution in [3.8, 4) is 5.75 Å². The number of nitrogens with zero attached hydrogens (tertiary/aromatic N) is 2. The van der Waals surface area contributed by atoms with Gasteiger partial charge in [-0.3, -0.25) is 4.79 Å². The van der Waals surface area contributed by atoms with Gasteiger partial charge < -0.3 is 19.9 Å². The van der Waals surface area contributed by atoms with E-state index < -0.39 is 5.54 Å². The minimum atomic E-state index is -0.571. The molecular formula is C28H35N3O3S. The lowest BCUT2D eigenvalue weighted by molar-refractivity contribution is -0.133. The molecule has 1 aromatic heterocycles. The van der Waals surface area contributed by atoms with Gasteiger partial charge >= 0.3 is 6.03 Å². The molecule has 0 spiro atoms. The maximum absolute atomic E-state index is 13.6. The number of hydrogen-bond donors (Lipinski definition) is 1. The van der Waals surface area contributed by atoms with Crippen LogP contribution in [0.5, 0.6) is 5.75 Å². The summed E-state index contributed by atoms with van der Waals surface area (Å²) in [6.07, 6.45) is 0. The highest BCUT2D eigenvalue weighted by molar-refractivity contribution is 7.11. The minimum Gasteiger partial charge on any atom is -0.492 e. The third-order valence-electron chi connectivity index (χ3n) is 5.49. The molecule has 0 saturated heterocycles. The van der Waals surface area contributed by atoms with Crippen LogP contribution in [-0.4, -0.2) is 40.4 Å². The van der Waals surface area contributed by atoms with E-state index in [1.807, 2.05) is 81.1 Å². The Hall–Kier alpha value is -3.32. The molecule has 6 nitrogen and oxygen atoms in total. The number of aryl methyl sites for hydroxylation is 1. The van der Waals surface area contributed by atoms with Gasteiger partial charge in [0.15, 0.2) is 0 Å². The van der Waals surface area contributed by atoms with E-state index in [2.05, 4.69) is 24.4 Å². The van der Waals surface area contributed by atoms with E-state index in [9.17, 15) is 9.59 Å². The van der Waals surface area contributed by atoms with Gasteiger partial charge in [-0.15, -0.1) is 11.3 Å². The zero-order chi connectivity index (χ0) is 25.4. The van der Waals surface area contributed by atoms with Crippen LogP contribution in [-0.2, 0) is 17.9 Å². The summed E-state index contributed by atoms with van der Waals surface area (Å²) in [4.78, 5) is 32.7. The van der Waals surface area contributed by atoms with Gasteiger partial charge in [0.2, 0.25) is 5.91 Å². The monoisotopic (exact) mass is 493 g/mol. The number of carbonyl (C=O) groups excluding carboxylic acids is 2. The number of anilines is 1. The van der Waals surface area contributed by atoms with Gasteiger partial charge in [-0.1, -0.05) is 42.5 Å². The van der Waals surface area contributed by atoms with Crippen LogP contribution in [0.15, 0.2) is 66.7 Å². The number of ether oxygens (including phenoxy) is 1. The predicted molar refractivity (Wildman–Crippen MR) is 143 cm³/mol. The van der Waals surface area contributed by atoms with Crippen molar-refractivity contribution in [2.75, 3.05) is 18.5 Å². The first-order valence-electron chi connectivity index (χ1n) is 11.8. The molecular weight excluding hydrogens is 458 g/mol. The molecule has 0 saturated carbocycles. The normalized spacial score (nSPS) is 11.1. The van der Waals surface area contributed by atoms with Gasteiger partial charge in [-0.25, -0.2) is 4.79 Å². The molecule has 3 amide bonds. The second-order valence-corrected chi connectivity index (χ2v) is 10.7. The SMILES string of the molecule is CCOc1ccccc1NC(=O)N(CC(=O)N(Cc1ccccc1)Cc1ccc(C)s1)C(C)(C)C. The fraction of sp³-hybridized carbons (Fsp3) is 0.357. The van der Waals surface area contributed by atoms with E-state index in [4.69, 9.17) is 4.74 Å². The number of benzene rings is 2. The third kappa shape index (κ3) is 7.59. The Bertz CT molecular complexity index is 1120. The Morgan fingerprint density at radius 1 is 0.943 bits per heavy atom. The summed E-state index contributed by atoms with van der Waals surface area (Å²) < 4.78 is 5.65. The van der Waals surface area contributed by atoms with Crippen molar-refractivity contribution in [3.63, 3.8) is 0 Å². The molecule has 0 atom stereocenters. The van der Waals surface area contributed by atoms with E-state index in [0.29, 0.717) is 31.1 Å². The van der Waals surface area contributed by atoms with Crippen LogP contribution in [0.4, 0.5) is 10.5 Å². The largest absolute Gasteiger partial charge is 0.492 e. The minimum absolute atomic E-state index is 0.0384. The smallest absolute Gasteiger partial charge is 0.322 e. The van der Waals surface area contributed by atoms with Gasteiger partial charge in [-0.2, -0.15) is 0 Å². The Kier molecular flexibility index (Phi) is 8.93. The summed E-state index contributed by atoms with van der Waals surface area (Å²) in [5, 5.41) is 2.94. The van der Waals surface area contributed by atoms with Crippen LogP contribution >= 0.6 is 11.3 Å². The second kappa shape index (κ2) is 11.9. The molecule has 1 N–H and O–H groups in total. The second-order valence-electron chi connectivity index (χ2n) is 9.36. The first kappa shape index (κ1) is 26.3. The maximum Gasteiger partial charge on any atom is 0.322 e. The van der Waals surface area contributed by atoms with Crippen molar-refractivity contribution in [2.24, 2.45) is 0 Å². The molecule has 0 aliphatic rings. The van der Waals surface area contributed by atoms with Gasteiger partial charge in [0.1, 0.15) is 12.3 Å². The first-order valence-corrected chi connectivity index (χ1v) is 12.7. The number of hydrogen-bond acceptors (Lipinski definition) is 4. The van der Waals surface area contributed by atoms with Crippen LogP contribution in [0.3, 0.4) is 0 Å². The van der Waals surface area contributed by atoms with Gasteiger partial charge in [0.05, 0.1) is 18.8 Å². The summed E-state index contributed by atoms with van der Waals surface area (Å²) in [7, 11) is 0. The van der Waals surface area contributed by atoms with Gasteiger partial charge in [0, 0.05) is 21.8 Å². The van der Waals surface area contributed by atoms with Crippen molar-refractivity contribution in [3.05, 3.63) is 82.0 Å². The van der Waals surface area contributed by atoms with Crippen molar-refractivity contribution in [1.82, 2.24) is 9.80 Å². The molecule has 1 heterocycles. The summed E-state index contributed by atoms with van der Waals surface area (Å²) in [6.45, 7) is 11.2. The number of rotatable bonds is 9. The quantitative estimate of drug-likeness (QED) is 0.380. The number of urea groups is 1. The summed E-state index contributed by atoms with van der Waals surface area (Å²) in [5.41, 5.74) is 1.06. The molecule has 0 aliphatic carbocycles. The highest BCUT2D eigenvalue weighted by Crippen LogP contribution is 2.26. The molecule has 0 aliphatic heterocycles. The highest BCUT2D eigenvalue weighted by Gasteiger charge is 2.31. The number of thiophene rings is 1. The molecule has 0 radical (unpaired) electrons. The molecule has 35 heavy (non-hydrogen) atoms. The highest BCUT2D eigenvalue weighted by atomic mass is 32.1.